The van der Waals surface area contributed by atoms with E-state index in [1.807, 2.05) is 5.38 Å². The summed E-state index contributed by atoms with van der Waals surface area (Å²) in [6, 6.07) is -0.0145. The van der Waals surface area contributed by atoms with Crippen molar-refractivity contribution < 1.29 is 14.7 Å². The molecule has 21 heavy (non-hydrogen) atoms. The molecule has 1 aliphatic carbocycles. The minimum atomic E-state index is -0.763. The molecule has 0 unspecified atom stereocenters. The van der Waals surface area contributed by atoms with Crippen LogP contribution in [0.2, 0.25) is 0 Å². The molecule has 0 saturated heterocycles. The Morgan fingerprint density at radius 1 is 1.43 bits per heavy atom. The first-order valence-electron chi connectivity index (χ1n) is 7.23. The summed E-state index contributed by atoms with van der Waals surface area (Å²) in [6.07, 6.45) is 2.18. The van der Waals surface area contributed by atoms with E-state index in [1.165, 1.54) is 0 Å². The van der Waals surface area contributed by atoms with E-state index in [0.29, 0.717) is 12.8 Å². The number of carbonyl (C=O) groups is 2. The third-order valence-corrected chi connectivity index (χ3v) is 5.00. The highest BCUT2D eigenvalue weighted by Crippen LogP contribution is 2.27. The normalized spacial score (nSPS) is 22.2. The second-order valence-corrected chi connectivity index (χ2v) is 7.54. The molecular weight excluding hydrogens is 288 g/mol. The fraction of sp³-hybridized carbons (Fsp3) is 0.667. The van der Waals surface area contributed by atoms with Gasteiger partial charge >= 0.3 is 5.97 Å². The Hall–Kier alpha value is -1.43. The van der Waals surface area contributed by atoms with Gasteiger partial charge in [0.15, 0.2) is 0 Å². The van der Waals surface area contributed by atoms with E-state index in [4.69, 9.17) is 5.11 Å². The quantitative estimate of drug-likeness (QED) is 0.894. The molecule has 0 aliphatic heterocycles. The van der Waals surface area contributed by atoms with Crippen molar-refractivity contribution in [1.82, 2.24) is 10.3 Å². The van der Waals surface area contributed by atoms with Crippen LogP contribution >= 0.6 is 11.3 Å². The lowest BCUT2D eigenvalue weighted by Gasteiger charge is -2.14. The molecule has 1 saturated carbocycles. The van der Waals surface area contributed by atoms with Crippen molar-refractivity contribution in [3.05, 3.63) is 16.1 Å². The lowest BCUT2D eigenvalue weighted by molar-refractivity contribution is -0.141. The molecular formula is C15H22N2O3S. The van der Waals surface area contributed by atoms with Gasteiger partial charge in [-0.05, 0) is 19.3 Å². The summed E-state index contributed by atoms with van der Waals surface area (Å²) >= 11 is 1.58. The maximum Gasteiger partial charge on any atom is 0.306 e. The molecule has 0 bridgehead atoms. The zero-order valence-corrected chi connectivity index (χ0v) is 13.5. The van der Waals surface area contributed by atoms with Crippen LogP contribution in [-0.2, 0) is 21.4 Å². The van der Waals surface area contributed by atoms with Crippen LogP contribution in [-0.4, -0.2) is 28.0 Å². The number of nitrogens with one attached hydrogen (secondary N) is 1. The van der Waals surface area contributed by atoms with Crippen LogP contribution in [0.1, 0.15) is 50.7 Å². The van der Waals surface area contributed by atoms with Gasteiger partial charge in [-0.2, -0.15) is 0 Å². The first kappa shape index (κ1) is 15.9. The maximum atomic E-state index is 12.0. The summed E-state index contributed by atoms with van der Waals surface area (Å²) in [5, 5.41) is 14.8. The number of thiazole rings is 1. The predicted octanol–water partition coefficient (Wildman–Crippen LogP) is 2.35. The number of hydrogen-bond acceptors (Lipinski definition) is 4. The highest BCUT2D eigenvalue weighted by atomic mass is 32.1. The molecule has 0 spiro atoms. The summed E-state index contributed by atoms with van der Waals surface area (Å²) in [5.74, 6) is -1.15. The molecule has 2 atom stereocenters. The van der Waals surface area contributed by atoms with Gasteiger partial charge < -0.3 is 10.4 Å². The number of carboxylic acids is 1. The Balaban J connectivity index is 1.85. The molecule has 2 rings (SSSR count). The van der Waals surface area contributed by atoms with E-state index in [2.05, 4.69) is 31.1 Å². The molecule has 6 heteroatoms. The fourth-order valence-electron chi connectivity index (χ4n) is 2.51. The molecule has 1 fully saturated rings. The van der Waals surface area contributed by atoms with Crippen molar-refractivity contribution >= 4 is 23.2 Å². The Morgan fingerprint density at radius 3 is 2.67 bits per heavy atom. The van der Waals surface area contributed by atoms with Crippen molar-refractivity contribution in [2.24, 2.45) is 5.92 Å². The first-order chi connectivity index (χ1) is 9.75. The lowest BCUT2D eigenvalue weighted by Crippen LogP contribution is -2.34. The third-order valence-electron chi connectivity index (χ3n) is 3.68. The van der Waals surface area contributed by atoms with Gasteiger partial charge in [0.05, 0.1) is 23.0 Å². The molecule has 1 aliphatic rings. The van der Waals surface area contributed by atoms with Gasteiger partial charge in [0, 0.05) is 16.8 Å². The van der Waals surface area contributed by atoms with Crippen LogP contribution < -0.4 is 5.32 Å². The Bertz CT molecular complexity index is 533. The van der Waals surface area contributed by atoms with Crippen molar-refractivity contribution in [2.75, 3.05) is 0 Å². The van der Waals surface area contributed by atoms with Crippen molar-refractivity contribution in [3.63, 3.8) is 0 Å². The minimum Gasteiger partial charge on any atom is -0.481 e. The summed E-state index contributed by atoms with van der Waals surface area (Å²) in [6.45, 7) is 6.29. The fourth-order valence-corrected chi connectivity index (χ4v) is 3.42. The van der Waals surface area contributed by atoms with E-state index in [-0.39, 0.29) is 29.7 Å². The summed E-state index contributed by atoms with van der Waals surface area (Å²) < 4.78 is 0. The van der Waals surface area contributed by atoms with Gasteiger partial charge in [0.25, 0.3) is 0 Å². The van der Waals surface area contributed by atoms with Crippen molar-refractivity contribution in [2.45, 2.75) is 57.9 Å². The second-order valence-electron chi connectivity index (χ2n) is 6.68. The van der Waals surface area contributed by atoms with Crippen LogP contribution in [0.4, 0.5) is 0 Å². The molecule has 116 valence electrons. The van der Waals surface area contributed by atoms with Gasteiger partial charge in [-0.25, -0.2) is 4.98 Å². The molecule has 1 amide bonds. The van der Waals surface area contributed by atoms with E-state index in [1.54, 1.807) is 11.3 Å². The Kier molecular flexibility index (Phi) is 4.66. The standard InChI is InChI=1S/C15H22N2O3S/c1-15(2,3)14-17-11(8-21-14)7-12(18)16-10-5-4-9(6-10)13(19)20/h8-10H,4-7H2,1-3H3,(H,16,18)(H,19,20)/t9-,10+/m1/s1. The molecule has 5 nitrogen and oxygen atoms in total. The van der Waals surface area contributed by atoms with Crippen molar-refractivity contribution in [1.29, 1.82) is 0 Å². The first-order valence-corrected chi connectivity index (χ1v) is 8.10. The molecule has 0 aromatic carbocycles. The van der Waals surface area contributed by atoms with Gasteiger partial charge in [0.2, 0.25) is 5.91 Å². The summed E-state index contributed by atoms with van der Waals surface area (Å²) in [5.41, 5.74) is 0.787. The van der Waals surface area contributed by atoms with Gasteiger partial charge in [-0.15, -0.1) is 11.3 Å². The Labute approximate surface area is 128 Å². The number of aromatic nitrogens is 1. The summed E-state index contributed by atoms with van der Waals surface area (Å²) in [7, 11) is 0. The molecule has 1 heterocycles. The van der Waals surface area contributed by atoms with E-state index in [9.17, 15) is 9.59 Å². The number of rotatable bonds is 4. The topological polar surface area (TPSA) is 79.3 Å². The monoisotopic (exact) mass is 310 g/mol. The highest BCUT2D eigenvalue weighted by molar-refractivity contribution is 7.09. The number of nitrogens with zero attached hydrogens (tertiary/aromatic N) is 1. The van der Waals surface area contributed by atoms with Gasteiger partial charge in [-0.3, -0.25) is 9.59 Å². The second kappa shape index (κ2) is 6.13. The van der Waals surface area contributed by atoms with Crippen molar-refractivity contribution in [3.8, 4) is 0 Å². The van der Waals surface area contributed by atoms with E-state index < -0.39 is 5.97 Å². The number of amides is 1. The predicted molar refractivity (Wildman–Crippen MR) is 81.4 cm³/mol. The van der Waals surface area contributed by atoms with Gasteiger partial charge in [0.1, 0.15) is 0 Å². The highest BCUT2D eigenvalue weighted by Gasteiger charge is 2.30. The average Bonchev–Trinajstić information content (AvgIpc) is 2.97. The number of aliphatic carboxylic acids is 1. The summed E-state index contributed by atoms with van der Waals surface area (Å²) in [4.78, 5) is 27.4. The van der Waals surface area contributed by atoms with Crippen LogP contribution in [0.25, 0.3) is 0 Å². The number of carbonyl (C=O) groups excluding carboxylic acids is 1. The number of carboxylic acid groups (broad SMARTS) is 1. The zero-order chi connectivity index (χ0) is 15.6. The largest absolute Gasteiger partial charge is 0.481 e. The lowest BCUT2D eigenvalue weighted by atomic mass is 9.98. The third kappa shape index (κ3) is 4.27. The van der Waals surface area contributed by atoms with Gasteiger partial charge in [-0.1, -0.05) is 20.8 Å². The minimum absolute atomic E-state index is 0.000442. The van der Waals surface area contributed by atoms with Crippen LogP contribution in [0, 0.1) is 5.92 Å². The zero-order valence-electron chi connectivity index (χ0n) is 12.7. The SMILES string of the molecule is CC(C)(C)c1nc(CC(=O)N[C@H]2CC[C@@H](C(=O)O)C2)cs1. The molecule has 1 aromatic heterocycles. The average molecular weight is 310 g/mol. The van der Waals surface area contributed by atoms with E-state index in [0.717, 1.165) is 17.1 Å². The molecule has 0 radical (unpaired) electrons. The Morgan fingerprint density at radius 2 is 2.14 bits per heavy atom. The maximum absolute atomic E-state index is 12.0. The van der Waals surface area contributed by atoms with Crippen LogP contribution in [0.15, 0.2) is 5.38 Å². The van der Waals surface area contributed by atoms with E-state index >= 15 is 0 Å². The van der Waals surface area contributed by atoms with Crippen LogP contribution in [0.5, 0.6) is 0 Å². The van der Waals surface area contributed by atoms with Crippen LogP contribution in [0.3, 0.4) is 0 Å². The molecule has 1 aromatic rings. The molecule has 2 N–H and O–H groups in total. The number of hydrogen-bond donors (Lipinski definition) is 2. The smallest absolute Gasteiger partial charge is 0.306 e.